The first-order chi connectivity index (χ1) is 15.8. The number of anilines is 2. The maximum atomic E-state index is 14.1. The number of hydrogen-bond acceptors (Lipinski definition) is 8. The summed E-state index contributed by atoms with van der Waals surface area (Å²) in [5, 5.41) is 6.87. The molecule has 0 spiro atoms. The number of nitrogens with zero attached hydrogens (tertiary/aromatic N) is 3. The quantitative estimate of drug-likeness (QED) is 0.496. The minimum Gasteiger partial charge on any atom is -0.389 e. The van der Waals surface area contributed by atoms with Gasteiger partial charge in [-0.05, 0) is 18.6 Å². The fourth-order valence-corrected chi connectivity index (χ4v) is 4.40. The van der Waals surface area contributed by atoms with Gasteiger partial charge in [0.1, 0.15) is 27.3 Å². The van der Waals surface area contributed by atoms with E-state index in [4.69, 9.17) is 20.9 Å². The van der Waals surface area contributed by atoms with Crippen molar-refractivity contribution in [1.29, 1.82) is 0 Å². The number of aromatic nitrogens is 3. The summed E-state index contributed by atoms with van der Waals surface area (Å²) in [5.74, 6) is -2.24. The zero-order chi connectivity index (χ0) is 23.8. The van der Waals surface area contributed by atoms with Gasteiger partial charge < -0.3 is 26.3 Å². The molecule has 1 aliphatic rings. The van der Waals surface area contributed by atoms with E-state index in [1.807, 2.05) is 6.92 Å². The van der Waals surface area contributed by atoms with Gasteiger partial charge in [0, 0.05) is 19.0 Å². The number of halogens is 2. The summed E-state index contributed by atoms with van der Waals surface area (Å²) in [5.41, 5.74) is 11.9. The second kappa shape index (κ2) is 9.14. The van der Waals surface area contributed by atoms with Crippen molar-refractivity contribution in [2.24, 2.45) is 18.2 Å². The standard InChI is InChI=1S/C21H24F2N6O3S/c1-3-21(8-24)9-31-20(32-10-21)16-13(7-26-29(16)2)27-18(30)15-17(25)33-19(28-15)14-11(22)5-4-6-12(14)23/h4-7,20H,3,8-10,24-25H2,1-2H3,(H,27,30)/t20-,21-. The summed E-state index contributed by atoms with van der Waals surface area (Å²) in [7, 11) is 1.69. The van der Waals surface area contributed by atoms with Gasteiger partial charge in [-0.2, -0.15) is 5.10 Å². The summed E-state index contributed by atoms with van der Waals surface area (Å²) in [6.45, 7) is 3.26. The zero-order valence-corrected chi connectivity index (χ0v) is 18.9. The van der Waals surface area contributed by atoms with E-state index in [2.05, 4.69) is 15.4 Å². The SMILES string of the molecule is CC[C@]1(CN)CO[C@H](c2c(NC(=O)c3nc(-c4c(F)cccc4F)sc3N)cnn2C)OC1. The van der Waals surface area contributed by atoms with Crippen molar-refractivity contribution in [2.75, 3.05) is 30.8 Å². The van der Waals surface area contributed by atoms with Crippen LogP contribution in [0.3, 0.4) is 0 Å². The van der Waals surface area contributed by atoms with Gasteiger partial charge in [-0.25, -0.2) is 13.8 Å². The third-order valence-corrected chi connectivity index (χ3v) is 6.67. The molecule has 5 N–H and O–H groups in total. The lowest BCUT2D eigenvalue weighted by Gasteiger charge is -2.38. The first kappa shape index (κ1) is 23.2. The van der Waals surface area contributed by atoms with Crippen LogP contribution in [0, 0.1) is 17.0 Å². The van der Waals surface area contributed by atoms with Crippen LogP contribution in [0.4, 0.5) is 19.5 Å². The smallest absolute Gasteiger partial charge is 0.277 e. The molecule has 176 valence electrons. The third kappa shape index (κ3) is 4.34. The van der Waals surface area contributed by atoms with E-state index in [9.17, 15) is 13.6 Å². The molecule has 9 nitrogen and oxygen atoms in total. The fourth-order valence-electron chi connectivity index (χ4n) is 3.53. The number of carbonyl (C=O) groups is 1. The Balaban J connectivity index is 1.56. The molecule has 2 aromatic heterocycles. The Morgan fingerprint density at radius 2 is 2.00 bits per heavy atom. The van der Waals surface area contributed by atoms with Gasteiger partial charge in [-0.1, -0.05) is 24.3 Å². The van der Waals surface area contributed by atoms with Crippen molar-refractivity contribution in [2.45, 2.75) is 19.6 Å². The number of carbonyl (C=O) groups excluding carboxylic acids is 1. The summed E-state index contributed by atoms with van der Waals surface area (Å²) < 4.78 is 41.6. The number of thiazole rings is 1. The molecule has 0 bridgehead atoms. The largest absolute Gasteiger partial charge is 0.389 e. The number of nitrogens with one attached hydrogen (secondary N) is 1. The summed E-state index contributed by atoms with van der Waals surface area (Å²) in [4.78, 5) is 17.0. The van der Waals surface area contributed by atoms with E-state index in [-0.39, 0.29) is 26.7 Å². The van der Waals surface area contributed by atoms with Crippen LogP contribution in [0.1, 0.15) is 35.8 Å². The van der Waals surface area contributed by atoms with Gasteiger partial charge in [-0.3, -0.25) is 9.48 Å². The lowest BCUT2D eigenvalue weighted by Crippen LogP contribution is -2.44. The molecule has 1 amide bonds. The normalized spacial score (nSPS) is 20.7. The minimum absolute atomic E-state index is 0.0245. The number of nitrogens with two attached hydrogens (primary N) is 2. The van der Waals surface area contributed by atoms with E-state index >= 15 is 0 Å². The van der Waals surface area contributed by atoms with E-state index in [1.165, 1.54) is 16.9 Å². The predicted octanol–water partition coefficient (Wildman–Crippen LogP) is 3.06. The number of aryl methyl sites for hydroxylation is 1. The molecule has 0 unspecified atom stereocenters. The number of rotatable bonds is 6. The Bertz CT molecular complexity index is 1150. The van der Waals surface area contributed by atoms with E-state index in [0.717, 1.165) is 29.9 Å². The first-order valence-electron chi connectivity index (χ1n) is 10.3. The van der Waals surface area contributed by atoms with Crippen molar-refractivity contribution in [1.82, 2.24) is 14.8 Å². The molecule has 1 fully saturated rings. The number of amides is 1. The summed E-state index contributed by atoms with van der Waals surface area (Å²) >= 11 is 0.821. The predicted molar refractivity (Wildman–Crippen MR) is 119 cm³/mol. The molecular formula is C21H24F2N6O3S. The number of ether oxygens (including phenoxy) is 2. The average Bonchev–Trinajstić information content (AvgIpc) is 3.36. The van der Waals surface area contributed by atoms with Crippen molar-refractivity contribution in [3.8, 4) is 10.6 Å². The molecule has 1 aromatic carbocycles. The van der Waals surface area contributed by atoms with Crippen LogP contribution in [0.5, 0.6) is 0 Å². The highest BCUT2D eigenvalue weighted by atomic mass is 32.1. The number of nitrogen functional groups attached to an aromatic ring is 1. The Morgan fingerprint density at radius 3 is 2.61 bits per heavy atom. The van der Waals surface area contributed by atoms with E-state index in [1.54, 1.807) is 7.05 Å². The number of benzene rings is 1. The average molecular weight is 479 g/mol. The van der Waals surface area contributed by atoms with Gasteiger partial charge in [0.2, 0.25) is 6.29 Å². The summed E-state index contributed by atoms with van der Waals surface area (Å²) in [6.07, 6.45) is 1.50. The Kier molecular flexibility index (Phi) is 6.43. The van der Waals surface area contributed by atoms with Crippen molar-refractivity contribution in [3.63, 3.8) is 0 Å². The number of hydrogen-bond donors (Lipinski definition) is 3. The fraction of sp³-hybridized carbons (Fsp3) is 0.381. The Morgan fingerprint density at radius 1 is 1.33 bits per heavy atom. The van der Waals surface area contributed by atoms with Gasteiger partial charge in [0.25, 0.3) is 5.91 Å². The van der Waals surface area contributed by atoms with Crippen LogP contribution in [0.15, 0.2) is 24.4 Å². The molecule has 3 heterocycles. The van der Waals surface area contributed by atoms with Crippen molar-refractivity contribution >= 4 is 27.9 Å². The van der Waals surface area contributed by atoms with Crippen LogP contribution in [0.25, 0.3) is 10.6 Å². The van der Waals surface area contributed by atoms with Crippen molar-refractivity contribution < 1.29 is 23.0 Å². The Labute approximate surface area is 192 Å². The van der Waals surface area contributed by atoms with Crippen LogP contribution >= 0.6 is 11.3 Å². The summed E-state index contributed by atoms with van der Waals surface area (Å²) in [6, 6.07) is 3.47. The monoisotopic (exact) mass is 478 g/mol. The molecule has 3 aromatic rings. The molecule has 12 heteroatoms. The molecule has 4 rings (SSSR count). The van der Waals surface area contributed by atoms with Gasteiger partial charge in [0.15, 0.2) is 5.69 Å². The first-order valence-corrected chi connectivity index (χ1v) is 11.1. The van der Waals surface area contributed by atoms with Crippen LogP contribution in [-0.4, -0.2) is 40.4 Å². The van der Waals surface area contributed by atoms with Gasteiger partial charge >= 0.3 is 0 Å². The lowest BCUT2D eigenvalue weighted by atomic mass is 9.86. The van der Waals surface area contributed by atoms with Crippen LogP contribution in [-0.2, 0) is 16.5 Å². The molecule has 0 radical (unpaired) electrons. The highest BCUT2D eigenvalue weighted by molar-refractivity contribution is 7.19. The topological polar surface area (TPSA) is 130 Å². The second-order valence-corrected chi connectivity index (χ2v) is 8.89. The molecule has 1 aliphatic heterocycles. The molecular weight excluding hydrogens is 454 g/mol. The highest BCUT2D eigenvalue weighted by Gasteiger charge is 2.37. The van der Waals surface area contributed by atoms with Crippen LogP contribution in [0.2, 0.25) is 0 Å². The third-order valence-electron chi connectivity index (χ3n) is 5.77. The second-order valence-electron chi connectivity index (χ2n) is 7.86. The Hall–Kier alpha value is -2.93. The molecule has 0 saturated carbocycles. The molecule has 0 atom stereocenters. The minimum atomic E-state index is -0.794. The van der Waals surface area contributed by atoms with E-state index < -0.39 is 23.8 Å². The van der Waals surface area contributed by atoms with Gasteiger partial charge in [0.05, 0.1) is 30.7 Å². The van der Waals surface area contributed by atoms with Crippen LogP contribution < -0.4 is 16.8 Å². The molecule has 0 aliphatic carbocycles. The maximum absolute atomic E-state index is 14.1. The zero-order valence-electron chi connectivity index (χ0n) is 18.1. The molecule has 1 saturated heterocycles. The highest BCUT2D eigenvalue weighted by Crippen LogP contribution is 2.37. The molecule has 33 heavy (non-hydrogen) atoms. The van der Waals surface area contributed by atoms with E-state index in [0.29, 0.717) is 31.1 Å². The maximum Gasteiger partial charge on any atom is 0.277 e. The van der Waals surface area contributed by atoms with Crippen molar-refractivity contribution in [3.05, 3.63) is 47.4 Å². The van der Waals surface area contributed by atoms with Gasteiger partial charge in [-0.15, -0.1) is 0 Å². The lowest BCUT2D eigenvalue weighted by molar-refractivity contribution is -0.235.